The molecule has 0 radical (unpaired) electrons. The van der Waals surface area contributed by atoms with Gasteiger partial charge in [0.15, 0.2) is 0 Å². The Balaban J connectivity index is 1.44. The van der Waals surface area contributed by atoms with Gasteiger partial charge in [0.2, 0.25) is 0 Å². The average Bonchev–Trinajstić information content (AvgIpc) is 3.23. The second-order valence-corrected chi connectivity index (χ2v) is 10.0. The first-order chi connectivity index (χ1) is 17.0. The first-order valence-electron chi connectivity index (χ1n) is 12.9. The second-order valence-electron chi connectivity index (χ2n) is 10.0. The molecular weight excluding hydrogens is 436 g/mol. The zero-order valence-electron chi connectivity index (χ0n) is 21.0. The van der Waals surface area contributed by atoms with E-state index < -0.39 is 0 Å². The van der Waals surface area contributed by atoms with Crippen molar-refractivity contribution >= 4 is 5.91 Å². The lowest BCUT2D eigenvalue weighted by atomic mass is 9.79. The van der Waals surface area contributed by atoms with Crippen LogP contribution in [0, 0.1) is 13.8 Å². The summed E-state index contributed by atoms with van der Waals surface area (Å²) in [5, 5.41) is 8.08. The van der Waals surface area contributed by atoms with Crippen LogP contribution >= 0.6 is 0 Å². The molecule has 0 bridgehead atoms. The van der Waals surface area contributed by atoms with Crippen molar-refractivity contribution in [3.05, 3.63) is 83.2 Å². The van der Waals surface area contributed by atoms with E-state index in [1.54, 1.807) is 0 Å². The Morgan fingerprint density at radius 1 is 1.11 bits per heavy atom. The van der Waals surface area contributed by atoms with Crippen LogP contribution in [0.5, 0.6) is 0 Å². The summed E-state index contributed by atoms with van der Waals surface area (Å²) >= 11 is 0. The van der Waals surface area contributed by atoms with Gasteiger partial charge in [0.05, 0.1) is 23.1 Å². The molecule has 6 nitrogen and oxygen atoms in total. The lowest BCUT2D eigenvalue weighted by Gasteiger charge is -2.49. The summed E-state index contributed by atoms with van der Waals surface area (Å²) in [5.74, 6) is 0.0821. The lowest BCUT2D eigenvalue weighted by molar-refractivity contribution is -0.162. The Bertz CT molecular complexity index is 1170. The molecule has 3 aromatic rings. The van der Waals surface area contributed by atoms with Gasteiger partial charge in [-0.05, 0) is 89.4 Å². The third-order valence-electron chi connectivity index (χ3n) is 7.56. The number of amides is 1. The van der Waals surface area contributed by atoms with Crippen LogP contribution in [0.4, 0.5) is 0 Å². The highest BCUT2D eigenvalue weighted by atomic mass is 16.5. The molecule has 1 spiro atoms. The van der Waals surface area contributed by atoms with Crippen molar-refractivity contribution in [1.29, 1.82) is 0 Å². The fourth-order valence-electron chi connectivity index (χ4n) is 5.87. The third-order valence-corrected chi connectivity index (χ3v) is 7.56. The number of hydrogen-bond acceptors (Lipinski definition) is 4. The van der Waals surface area contributed by atoms with E-state index in [1.165, 1.54) is 5.56 Å². The van der Waals surface area contributed by atoms with E-state index >= 15 is 0 Å². The molecule has 5 rings (SSSR count). The molecule has 35 heavy (non-hydrogen) atoms. The van der Waals surface area contributed by atoms with Crippen molar-refractivity contribution in [3.8, 4) is 5.69 Å². The van der Waals surface area contributed by atoms with Crippen molar-refractivity contribution in [2.24, 2.45) is 0 Å². The minimum absolute atomic E-state index is 0.00377. The Morgan fingerprint density at radius 2 is 1.89 bits per heavy atom. The Morgan fingerprint density at radius 3 is 2.57 bits per heavy atom. The van der Waals surface area contributed by atoms with Gasteiger partial charge in [-0.3, -0.25) is 4.79 Å². The SMILES string of the molecule is CCN(C(=O)c1cccc(-n2nc(C)cc2C)c1)[C@@H]1C[C@@H](c2ccccc2)OC2(CCNCC2)C1. The first kappa shape index (κ1) is 23.8. The molecule has 6 heteroatoms. The van der Waals surface area contributed by atoms with Gasteiger partial charge in [0.25, 0.3) is 5.91 Å². The molecule has 1 N–H and O–H groups in total. The highest BCUT2D eigenvalue weighted by molar-refractivity contribution is 5.95. The monoisotopic (exact) mass is 472 g/mol. The minimum atomic E-state index is -0.187. The average molecular weight is 473 g/mol. The molecule has 2 aliphatic rings. The maximum Gasteiger partial charge on any atom is 0.254 e. The van der Waals surface area contributed by atoms with E-state index in [0.717, 1.165) is 55.8 Å². The fourth-order valence-corrected chi connectivity index (χ4v) is 5.87. The van der Waals surface area contributed by atoms with Crippen LogP contribution < -0.4 is 5.32 Å². The molecule has 2 aromatic carbocycles. The van der Waals surface area contributed by atoms with Gasteiger partial charge in [0.1, 0.15) is 0 Å². The smallest absolute Gasteiger partial charge is 0.254 e. The van der Waals surface area contributed by atoms with E-state index in [-0.39, 0.29) is 23.7 Å². The summed E-state index contributed by atoms with van der Waals surface area (Å²) in [6.07, 6.45) is 3.65. The van der Waals surface area contributed by atoms with Gasteiger partial charge >= 0.3 is 0 Å². The van der Waals surface area contributed by atoms with Crippen LogP contribution in [-0.4, -0.2) is 51.9 Å². The number of hydrogen-bond donors (Lipinski definition) is 1. The summed E-state index contributed by atoms with van der Waals surface area (Å²) in [4.78, 5) is 16.0. The molecule has 1 amide bonds. The Labute approximate surface area is 208 Å². The number of piperidine rings is 1. The zero-order valence-corrected chi connectivity index (χ0v) is 21.0. The van der Waals surface area contributed by atoms with E-state index in [1.807, 2.05) is 48.9 Å². The molecule has 2 saturated heterocycles. The minimum Gasteiger partial charge on any atom is -0.367 e. The predicted octanol–water partition coefficient (Wildman–Crippen LogP) is 4.99. The lowest BCUT2D eigenvalue weighted by Crippen LogP contribution is -2.54. The topological polar surface area (TPSA) is 59.4 Å². The normalized spacial score (nSPS) is 21.7. The summed E-state index contributed by atoms with van der Waals surface area (Å²) in [6.45, 7) is 8.70. The van der Waals surface area contributed by atoms with Gasteiger partial charge in [-0.25, -0.2) is 4.68 Å². The van der Waals surface area contributed by atoms with Gasteiger partial charge in [-0.1, -0.05) is 36.4 Å². The van der Waals surface area contributed by atoms with Gasteiger partial charge in [0, 0.05) is 23.8 Å². The molecule has 0 saturated carbocycles. The predicted molar refractivity (Wildman–Crippen MR) is 138 cm³/mol. The maximum atomic E-state index is 13.9. The molecule has 1 aromatic heterocycles. The molecule has 2 fully saturated rings. The number of carbonyl (C=O) groups is 1. The number of nitrogens with one attached hydrogen (secondary N) is 1. The van der Waals surface area contributed by atoms with Crippen LogP contribution in [0.25, 0.3) is 5.69 Å². The Kier molecular flexibility index (Phi) is 6.76. The number of carbonyl (C=O) groups excluding carboxylic acids is 1. The quantitative estimate of drug-likeness (QED) is 0.568. The molecule has 0 aliphatic carbocycles. The summed E-state index contributed by atoms with van der Waals surface area (Å²) in [7, 11) is 0. The third kappa shape index (κ3) is 4.91. The second kappa shape index (κ2) is 9.96. The molecule has 2 atom stereocenters. The highest BCUT2D eigenvalue weighted by Gasteiger charge is 2.45. The summed E-state index contributed by atoms with van der Waals surface area (Å²) < 4.78 is 8.72. The van der Waals surface area contributed by atoms with Gasteiger partial charge in [-0.2, -0.15) is 5.10 Å². The summed E-state index contributed by atoms with van der Waals surface area (Å²) in [6, 6.07) is 20.5. The van der Waals surface area contributed by atoms with E-state index in [0.29, 0.717) is 12.1 Å². The standard InChI is InChI=1S/C29H36N4O2/c1-4-32(28(34)24-11-8-12-25(18-24)33-22(3)17-21(2)31-33)26-19-27(23-9-6-5-7-10-23)35-29(20-26)13-15-30-16-14-29/h5-12,17-18,26-27,30H,4,13-16,19-20H2,1-3H3/t26-,27+/m1/s1. The van der Waals surface area contributed by atoms with Crippen molar-refractivity contribution in [2.45, 2.75) is 64.2 Å². The fraction of sp³-hybridized carbons (Fsp3) is 0.448. The Hall–Kier alpha value is -2.96. The number of rotatable bonds is 5. The van der Waals surface area contributed by atoms with Crippen LogP contribution in [0.3, 0.4) is 0 Å². The largest absolute Gasteiger partial charge is 0.367 e. The van der Waals surface area contributed by atoms with Crippen molar-refractivity contribution in [1.82, 2.24) is 20.0 Å². The highest BCUT2D eigenvalue weighted by Crippen LogP contribution is 2.43. The number of aromatic nitrogens is 2. The number of ether oxygens (including phenoxy) is 1. The number of aryl methyl sites for hydroxylation is 2. The maximum absolute atomic E-state index is 13.9. The van der Waals surface area contributed by atoms with Crippen LogP contribution in [0.15, 0.2) is 60.7 Å². The number of benzene rings is 2. The molecule has 0 unspecified atom stereocenters. The summed E-state index contributed by atoms with van der Waals surface area (Å²) in [5.41, 5.74) is 4.66. The van der Waals surface area contributed by atoms with E-state index in [9.17, 15) is 4.79 Å². The zero-order chi connectivity index (χ0) is 24.4. The van der Waals surface area contributed by atoms with Crippen LogP contribution in [0.1, 0.15) is 66.0 Å². The molecule has 184 valence electrons. The molecular formula is C29H36N4O2. The van der Waals surface area contributed by atoms with Crippen molar-refractivity contribution in [2.75, 3.05) is 19.6 Å². The number of nitrogens with zero attached hydrogens (tertiary/aromatic N) is 3. The van der Waals surface area contributed by atoms with Crippen LogP contribution in [0.2, 0.25) is 0 Å². The van der Waals surface area contributed by atoms with Gasteiger partial charge in [-0.15, -0.1) is 0 Å². The first-order valence-corrected chi connectivity index (χ1v) is 12.9. The molecule has 2 aliphatic heterocycles. The van der Waals surface area contributed by atoms with Crippen LogP contribution in [-0.2, 0) is 4.74 Å². The van der Waals surface area contributed by atoms with Crippen molar-refractivity contribution in [3.63, 3.8) is 0 Å². The molecule has 3 heterocycles. The van der Waals surface area contributed by atoms with Crippen molar-refractivity contribution < 1.29 is 9.53 Å². The van der Waals surface area contributed by atoms with Gasteiger partial charge < -0.3 is 15.0 Å². The van der Waals surface area contributed by atoms with E-state index in [2.05, 4.69) is 52.6 Å². The van der Waals surface area contributed by atoms with E-state index in [4.69, 9.17) is 4.74 Å².